The van der Waals surface area contributed by atoms with Crippen molar-refractivity contribution in [1.29, 1.82) is 0 Å². The number of aryl methyl sites for hydroxylation is 1. The van der Waals surface area contributed by atoms with Crippen molar-refractivity contribution in [3.63, 3.8) is 0 Å². The average molecular weight is 358 g/mol. The molecule has 2 aromatic heterocycles. The third-order valence-electron chi connectivity index (χ3n) is 4.07. The lowest BCUT2D eigenvalue weighted by atomic mass is 10.1. The smallest absolute Gasteiger partial charge is 0.347 e. The van der Waals surface area contributed by atoms with Gasteiger partial charge in [-0.25, -0.2) is 14.6 Å². The Morgan fingerprint density at radius 1 is 1.28 bits per heavy atom. The molecule has 7 heteroatoms. The highest BCUT2D eigenvalue weighted by molar-refractivity contribution is 7.17. The summed E-state index contributed by atoms with van der Waals surface area (Å²) in [6, 6.07) is 7.43. The number of carboxylic acid groups (broad SMARTS) is 1. The second-order valence-corrected chi connectivity index (χ2v) is 6.58. The summed E-state index contributed by atoms with van der Waals surface area (Å²) in [5.74, 6) is -1.05. The summed E-state index contributed by atoms with van der Waals surface area (Å²) in [6.07, 6.45) is 0. The van der Waals surface area contributed by atoms with Crippen LogP contribution in [0.15, 0.2) is 33.5 Å². The van der Waals surface area contributed by atoms with Gasteiger partial charge in [0.1, 0.15) is 15.5 Å². The molecule has 0 atom stereocenters. The van der Waals surface area contributed by atoms with E-state index < -0.39 is 11.6 Å². The zero-order valence-corrected chi connectivity index (χ0v) is 15.0. The number of anilines is 1. The van der Waals surface area contributed by atoms with Gasteiger partial charge in [0.15, 0.2) is 0 Å². The number of carbonyl (C=O) groups is 1. The number of thiazole rings is 1. The summed E-state index contributed by atoms with van der Waals surface area (Å²) in [4.78, 5) is 30.1. The Morgan fingerprint density at radius 3 is 2.60 bits per heavy atom. The minimum Gasteiger partial charge on any atom is -0.477 e. The normalized spacial score (nSPS) is 11.0. The van der Waals surface area contributed by atoms with Crippen molar-refractivity contribution in [2.75, 3.05) is 18.0 Å². The van der Waals surface area contributed by atoms with E-state index in [2.05, 4.69) is 23.7 Å². The molecule has 0 saturated carbocycles. The van der Waals surface area contributed by atoms with E-state index >= 15 is 0 Å². The van der Waals surface area contributed by atoms with Gasteiger partial charge in [0.2, 0.25) is 0 Å². The Bertz CT molecular complexity index is 1000. The number of hydrogen-bond acceptors (Lipinski definition) is 6. The summed E-state index contributed by atoms with van der Waals surface area (Å²) in [5, 5.41) is 10.3. The van der Waals surface area contributed by atoms with Gasteiger partial charge in [0.05, 0.1) is 11.3 Å². The second-order valence-electron chi connectivity index (χ2n) is 5.58. The van der Waals surface area contributed by atoms with E-state index in [1.165, 1.54) is 0 Å². The van der Waals surface area contributed by atoms with Crippen LogP contribution in [0.25, 0.3) is 21.5 Å². The SMILES string of the molecule is CCN(CC)c1ccc2cc(-c3nc(C)c(C(=O)O)s3)c(=O)oc2c1. The third kappa shape index (κ3) is 3.15. The molecule has 2 heterocycles. The van der Waals surface area contributed by atoms with Crippen molar-refractivity contribution in [1.82, 2.24) is 4.98 Å². The predicted octanol–water partition coefficient (Wildman–Crippen LogP) is 3.77. The first kappa shape index (κ1) is 17.2. The number of nitrogens with zero attached hydrogens (tertiary/aromatic N) is 2. The molecule has 0 saturated heterocycles. The number of rotatable bonds is 5. The fourth-order valence-electron chi connectivity index (χ4n) is 2.74. The molecule has 3 aromatic rings. The topological polar surface area (TPSA) is 83.6 Å². The van der Waals surface area contributed by atoms with Crippen molar-refractivity contribution in [3.8, 4) is 10.6 Å². The highest BCUT2D eigenvalue weighted by atomic mass is 32.1. The Hall–Kier alpha value is -2.67. The van der Waals surface area contributed by atoms with Gasteiger partial charge in [0, 0.05) is 30.2 Å². The molecular formula is C18H18N2O4S. The van der Waals surface area contributed by atoms with Gasteiger partial charge in [-0.3, -0.25) is 0 Å². The van der Waals surface area contributed by atoms with E-state index in [0.717, 1.165) is 35.5 Å². The van der Waals surface area contributed by atoms with E-state index in [4.69, 9.17) is 9.52 Å². The molecule has 25 heavy (non-hydrogen) atoms. The van der Waals surface area contributed by atoms with Crippen LogP contribution in [0, 0.1) is 6.92 Å². The van der Waals surface area contributed by atoms with Crippen LogP contribution in [0.3, 0.4) is 0 Å². The molecule has 6 nitrogen and oxygen atoms in total. The quantitative estimate of drug-likeness (QED) is 0.699. The molecule has 0 unspecified atom stereocenters. The summed E-state index contributed by atoms with van der Waals surface area (Å²) >= 11 is 0.980. The van der Waals surface area contributed by atoms with Crippen molar-refractivity contribution in [2.45, 2.75) is 20.8 Å². The number of aromatic nitrogens is 1. The van der Waals surface area contributed by atoms with Gasteiger partial charge in [-0.05, 0) is 39.0 Å². The molecule has 0 radical (unpaired) electrons. The van der Waals surface area contributed by atoms with Crippen LogP contribution in [-0.2, 0) is 0 Å². The van der Waals surface area contributed by atoms with Crippen molar-refractivity contribution >= 4 is 34.0 Å². The molecule has 0 aliphatic carbocycles. The number of aromatic carboxylic acids is 1. The summed E-state index contributed by atoms with van der Waals surface area (Å²) in [7, 11) is 0. The molecule has 0 bridgehead atoms. The molecule has 0 fully saturated rings. The van der Waals surface area contributed by atoms with Crippen LogP contribution in [0.4, 0.5) is 5.69 Å². The fraction of sp³-hybridized carbons (Fsp3) is 0.278. The molecule has 1 N–H and O–H groups in total. The van der Waals surface area contributed by atoms with Gasteiger partial charge < -0.3 is 14.4 Å². The molecule has 130 valence electrons. The molecule has 0 amide bonds. The zero-order valence-electron chi connectivity index (χ0n) is 14.2. The highest BCUT2D eigenvalue weighted by Gasteiger charge is 2.18. The summed E-state index contributed by atoms with van der Waals surface area (Å²) < 4.78 is 5.47. The van der Waals surface area contributed by atoms with Gasteiger partial charge in [-0.2, -0.15) is 0 Å². The minimum absolute atomic E-state index is 0.131. The number of hydrogen-bond donors (Lipinski definition) is 1. The second kappa shape index (κ2) is 6.68. The molecule has 3 rings (SSSR count). The maximum Gasteiger partial charge on any atom is 0.347 e. The van der Waals surface area contributed by atoms with Gasteiger partial charge >= 0.3 is 11.6 Å². The maximum absolute atomic E-state index is 12.4. The van der Waals surface area contributed by atoms with Crippen molar-refractivity contribution in [2.24, 2.45) is 0 Å². The number of fused-ring (bicyclic) bond motifs is 1. The van der Waals surface area contributed by atoms with Crippen LogP contribution in [0.1, 0.15) is 29.2 Å². The number of carboxylic acids is 1. The third-order valence-corrected chi connectivity index (χ3v) is 5.25. The Labute approximate surface area is 148 Å². The van der Waals surface area contributed by atoms with E-state index in [1.54, 1.807) is 13.0 Å². The fourth-order valence-corrected chi connectivity index (χ4v) is 3.65. The molecule has 0 spiro atoms. The molecular weight excluding hydrogens is 340 g/mol. The van der Waals surface area contributed by atoms with E-state index in [9.17, 15) is 9.59 Å². The molecule has 0 aliphatic rings. The first-order chi connectivity index (χ1) is 11.9. The monoisotopic (exact) mass is 358 g/mol. The summed E-state index contributed by atoms with van der Waals surface area (Å²) in [6.45, 7) is 7.47. The van der Waals surface area contributed by atoms with Crippen LogP contribution in [-0.4, -0.2) is 29.1 Å². The first-order valence-electron chi connectivity index (χ1n) is 7.98. The lowest BCUT2D eigenvalue weighted by Gasteiger charge is -2.20. The summed E-state index contributed by atoms with van der Waals surface area (Å²) in [5.41, 5.74) is 1.65. The first-order valence-corrected chi connectivity index (χ1v) is 8.80. The van der Waals surface area contributed by atoms with Crippen molar-refractivity contribution in [3.05, 3.63) is 45.3 Å². The molecule has 0 aliphatic heterocycles. The van der Waals surface area contributed by atoms with Gasteiger partial charge in [-0.1, -0.05) is 0 Å². The lowest BCUT2D eigenvalue weighted by molar-refractivity contribution is 0.0701. The van der Waals surface area contributed by atoms with Crippen LogP contribution >= 0.6 is 11.3 Å². The van der Waals surface area contributed by atoms with Crippen LogP contribution in [0.5, 0.6) is 0 Å². The van der Waals surface area contributed by atoms with E-state index in [1.807, 2.05) is 18.2 Å². The Kier molecular flexibility index (Phi) is 4.59. The lowest BCUT2D eigenvalue weighted by Crippen LogP contribution is -2.21. The van der Waals surface area contributed by atoms with E-state index in [-0.39, 0.29) is 10.4 Å². The number of benzene rings is 1. The highest BCUT2D eigenvalue weighted by Crippen LogP contribution is 2.29. The van der Waals surface area contributed by atoms with E-state index in [0.29, 0.717) is 16.3 Å². The van der Waals surface area contributed by atoms with Gasteiger partial charge in [-0.15, -0.1) is 11.3 Å². The standard InChI is InChI=1S/C18H18N2O4S/c1-4-20(5-2)12-7-6-11-8-13(18(23)24-14(11)9-12)16-19-10(3)15(25-16)17(21)22/h6-9H,4-5H2,1-3H3,(H,21,22). The average Bonchev–Trinajstić information content (AvgIpc) is 2.97. The largest absolute Gasteiger partial charge is 0.477 e. The Balaban J connectivity index is 2.11. The van der Waals surface area contributed by atoms with Gasteiger partial charge in [0.25, 0.3) is 0 Å². The maximum atomic E-state index is 12.4. The van der Waals surface area contributed by atoms with Crippen molar-refractivity contribution < 1.29 is 14.3 Å². The Morgan fingerprint density at radius 2 is 2.00 bits per heavy atom. The van der Waals surface area contributed by atoms with Crippen LogP contribution in [0.2, 0.25) is 0 Å². The minimum atomic E-state index is -1.05. The molecule has 1 aromatic carbocycles. The predicted molar refractivity (Wildman–Crippen MR) is 98.8 cm³/mol. The van der Waals surface area contributed by atoms with Crippen LogP contribution < -0.4 is 10.5 Å². The zero-order chi connectivity index (χ0) is 18.1.